The summed E-state index contributed by atoms with van der Waals surface area (Å²) in [5.41, 5.74) is 2.87. The molecule has 0 spiro atoms. The fourth-order valence-corrected chi connectivity index (χ4v) is 2.61. The van der Waals surface area contributed by atoms with Crippen LogP contribution in [0.3, 0.4) is 0 Å². The molecule has 3 nitrogen and oxygen atoms in total. The van der Waals surface area contributed by atoms with Crippen LogP contribution >= 0.6 is 23.2 Å². The Labute approximate surface area is 133 Å². The zero-order valence-electron chi connectivity index (χ0n) is 11.1. The summed E-state index contributed by atoms with van der Waals surface area (Å²) in [7, 11) is 0. The summed E-state index contributed by atoms with van der Waals surface area (Å²) < 4.78 is 1.75. The first-order valence-electron chi connectivity index (χ1n) is 6.51. The van der Waals surface area contributed by atoms with Gasteiger partial charge in [0.25, 0.3) is 0 Å². The molecule has 21 heavy (non-hydrogen) atoms. The van der Waals surface area contributed by atoms with Gasteiger partial charge in [-0.25, -0.2) is 4.68 Å². The molecule has 0 aliphatic carbocycles. The molecule has 3 rings (SSSR count). The van der Waals surface area contributed by atoms with E-state index in [1.165, 1.54) is 0 Å². The highest BCUT2D eigenvalue weighted by molar-refractivity contribution is 6.33. The van der Waals surface area contributed by atoms with Gasteiger partial charge in [0.15, 0.2) is 0 Å². The first-order valence-corrected chi connectivity index (χ1v) is 7.26. The SMILES string of the molecule is Clc1cccc(CNc2cccc(Cl)c2-n2cccn2)c1. The van der Waals surface area contributed by atoms with Crippen molar-refractivity contribution >= 4 is 28.9 Å². The number of hydrogen-bond acceptors (Lipinski definition) is 2. The minimum Gasteiger partial charge on any atom is -0.379 e. The molecule has 0 saturated carbocycles. The van der Waals surface area contributed by atoms with Crippen LogP contribution < -0.4 is 5.32 Å². The van der Waals surface area contributed by atoms with Gasteiger partial charge in [-0.05, 0) is 35.9 Å². The maximum Gasteiger partial charge on any atom is 0.106 e. The molecule has 0 atom stereocenters. The second-order valence-electron chi connectivity index (χ2n) is 4.57. The molecule has 1 aromatic heterocycles. The number of para-hydroxylation sites is 1. The second-order valence-corrected chi connectivity index (χ2v) is 5.41. The van der Waals surface area contributed by atoms with Crippen LogP contribution in [0.15, 0.2) is 60.9 Å². The number of rotatable bonds is 4. The molecule has 3 aromatic rings. The van der Waals surface area contributed by atoms with Crippen molar-refractivity contribution in [2.45, 2.75) is 6.54 Å². The van der Waals surface area contributed by atoms with Crippen molar-refractivity contribution in [2.24, 2.45) is 0 Å². The molecule has 106 valence electrons. The molecule has 0 unspecified atom stereocenters. The summed E-state index contributed by atoms with van der Waals surface area (Å²) >= 11 is 12.3. The van der Waals surface area contributed by atoms with Crippen molar-refractivity contribution in [3.8, 4) is 5.69 Å². The molecule has 0 radical (unpaired) electrons. The van der Waals surface area contributed by atoms with Gasteiger partial charge in [0.2, 0.25) is 0 Å². The lowest BCUT2D eigenvalue weighted by molar-refractivity contribution is 0.879. The van der Waals surface area contributed by atoms with Crippen molar-refractivity contribution in [1.29, 1.82) is 0 Å². The van der Waals surface area contributed by atoms with E-state index in [0.29, 0.717) is 11.6 Å². The topological polar surface area (TPSA) is 29.9 Å². The standard InChI is InChI=1S/C16H13Cl2N3/c17-13-5-1-4-12(10-13)11-19-15-7-2-6-14(18)16(15)21-9-3-8-20-21/h1-10,19H,11H2. The highest BCUT2D eigenvalue weighted by Gasteiger charge is 2.09. The molecular weight excluding hydrogens is 305 g/mol. The summed E-state index contributed by atoms with van der Waals surface area (Å²) in [5, 5.41) is 9.01. The van der Waals surface area contributed by atoms with E-state index in [4.69, 9.17) is 23.2 Å². The molecule has 1 N–H and O–H groups in total. The number of aromatic nitrogens is 2. The van der Waals surface area contributed by atoms with Gasteiger partial charge in [0.1, 0.15) is 5.69 Å². The molecule has 0 aliphatic heterocycles. The van der Waals surface area contributed by atoms with Crippen LogP contribution in [0.4, 0.5) is 5.69 Å². The Kier molecular flexibility index (Phi) is 4.13. The highest BCUT2D eigenvalue weighted by atomic mass is 35.5. The first kappa shape index (κ1) is 14.0. The van der Waals surface area contributed by atoms with Gasteiger partial charge in [-0.1, -0.05) is 41.4 Å². The minimum absolute atomic E-state index is 0.648. The van der Waals surface area contributed by atoms with Crippen LogP contribution in [0.25, 0.3) is 5.69 Å². The summed E-state index contributed by atoms with van der Waals surface area (Å²) in [4.78, 5) is 0. The maximum absolute atomic E-state index is 6.31. The molecular formula is C16H13Cl2N3. The van der Waals surface area contributed by atoms with E-state index in [0.717, 1.165) is 22.0 Å². The first-order chi connectivity index (χ1) is 10.2. The average Bonchev–Trinajstić information content (AvgIpc) is 2.99. The Hall–Kier alpha value is -1.97. The summed E-state index contributed by atoms with van der Waals surface area (Å²) in [5.74, 6) is 0. The Balaban J connectivity index is 1.88. The number of nitrogens with one attached hydrogen (secondary N) is 1. The zero-order valence-corrected chi connectivity index (χ0v) is 12.6. The van der Waals surface area contributed by atoms with Gasteiger partial charge >= 0.3 is 0 Å². The summed E-state index contributed by atoms with van der Waals surface area (Å²) in [6.45, 7) is 0.662. The van der Waals surface area contributed by atoms with Gasteiger partial charge in [0.05, 0.1) is 10.7 Å². The van der Waals surface area contributed by atoms with Gasteiger partial charge in [0, 0.05) is 24.0 Å². The lowest BCUT2D eigenvalue weighted by atomic mass is 10.2. The van der Waals surface area contributed by atoms with E-state index in [1.54, 1.807) is 10.9 Å². The van der Waals surface area contributed by atoms with Gasteiger partial charge in [-0.15, -0.1) is 0 Å². The van der Waals surface area contributed by atoms with E-state index < -0.39 is 0 Å². The normalized spacial score (nSPS) is 10.6. The molecule has 2 aromatic carbocycles. The molecule has 0 aliphatic rings. The quantitative estimate of drug-likeness (QED) is 0.749. The largest absolute Gasteiger partial charge is 0.379 e. The van der Waals surface area contributed by atoms with Crippen LogP contribution in [0.1, 0.15) is 5.56 Å². The van der Waals surface area contributed by atoms with Crippen molar-refractivity contribution in [2.75, 3.05) is 5.32 Å². The van der Waals surface area contributed by atoms with E-state index in [2.05, 4.69) is 10.4 Å². The average molecular weight is 318 g/mol. The molecule has 0 amide bonds. The molecule has 0 saturated heterocycles. The van der Waals surface area contributed by atoms with E-state index >= 15 is 0 Å². The third kappa shape index (κ3) is 3.20. The lowest BCUT2D eigenvalue weighted by Gasteiger charge is -2.13. The Bertz CT molecular complexity index is 739. The Morgan fingerprint density at radius 3 is 2.67 bits per heavy atom. The number of benzene rings is 2. The number of nitrogens with zero attached hydrogens (tertiary/aromatic N) is 2. The van der Waals surface area contributed by atoms with Crippen LogP contribution in [-0.2, 0) is 6.54 Å². The van der Waals surface area contributed by atoms with Crippen LogP contribution in [0.5, 0.6) is 0 Å². The van der Waals surface area contributed by atoms with E-state index in [9.17, 15) is 0 Å². The van der Waals surface area contributed by atoms with E-state index in [-0.39, 0.29) is 0 Å². The van der Waals surface area contributed by atoms with Crippen LogP contribution in [-0.4, -0.2) is 9.78 Å². The van der Waals surface area contributed by atoms with Crippen molar-refractivity contribution in [1.82, 2.24) is 9.78 Å². The molecule has 0 fully saturated rings. The second kappa shape index (κ2) is 6.20. The Morgan fingerprint density at radius 1 is 1.05 bits per heavy atom. The van der Waals surface area contributed by atoms with Crippen LogP contribution in [0, 0.1) is 0 Å². The van der Waals surface area contributed by atoms with Crippen molar-refractivity contribution in [3.05, 3.63) is 76.5 Å². The Morgan fingerprint density at radius 2 is 1.90 bits per heavy atom. The lowest BCUT2D eigenvalue weighted by Crippen LogP contribution is -2.05. The maximum atomic E-state index is 6.31. The molecule has 1 heterocycles. The zero-order chi connectivity index (χ0) is 14.7. The van der Waals surface area contributed by atoms with Crippen molar-refractivity contribution < 1.29 is 0 Å². The van der Waals surface area contributed by atoms with Crippen molar-refractivity contribution in [3.63, 3.8) is 0 Å². The van der Waals surface area contributed by atoms with Gasteiger partial charge in [-0.2, -0.15) is 5.10 Å². The smallest absolute Gasteiger partial charge is 0.106 e. The molecule has 5 heteroatoms. The summed E-state index contributed by atoms with van der Waals surface area (Å²) in [6.07, 6.45) is 3.59. The fourth-order valence-electron chi connectivity index (χ4n) is 2.14. The predicted octanol–water partition coefficient (Wildman–Crippen LogP) is 4.79. The highest BCUT2D eigenvalue weighted by Crippen LogP contribution is 2.28. The minimum atomic E-state index is 0.648. The summed E-state index contributed by atoms with van der Waals surface area (Å²) in [6, 6.07) is 15.4. The third-order valence-electron chi connectivity index (χ3n) is 3.09. The number of halogens is 2. The number of hydrogen-bond donors (Lipinski definition) is 1. The monoisotopic (exact) mass is 317 g/mol. The van der Waals surface area contributed by atoms with Gasteiger partial charge < -0.3 is 5.32 Å². The predicted molar refractivity (Wildman–Crippen MR) is 87.4 cm³/mol. The van der Waals surface area contributed by atoms with E-state index in [1.807, 2.05) is 54.7 Å². The third-order valence-corrected chi connectivity index (χ3v) is 3.63. The fraction of sp³-hybridized carbons (Fsp3) is 0.0625. The van der Waals surface area contributed by atoms with Gasteiger partial charge in [-0.3, -0.25) is 0 Å². The number of anilines is 1. The molecule has 0 bridgehead atoms. The van der Waals surface area contributed by atoms with Crippen LogP contribution in [0.2, 0.25) is 10.0 Å².